The Bertz CT molecular complexity index is 432. The normalized spacial score (nSPS) is 12.9. The summed E-state index contributed by atoms with van der Waals surface area (Å²) in [5, 5.41) is 5.01. The molecule has 0 bridgehead atoms. The average molecular weight is 214 g/mol. The maximum absolute atomic E-state index is 11.1. The Kier molecular flexibility index (Phi) is 2.65. The molecule has 4 nitrogen and oxygen atoms in total. The van der Waals surface area contributed by atoms with E-state index >= 15 is 0 Å². The van der Waals surface area contributed by atoms with Crippen molar-refractivity contribution < 1.29 is 8.42 Å². The molecule has 14 heavy (non-hydrogen) atoms. The number of hydrogen-bond acceptors (Lipinski definition) is 3. The summed E-state index contributed by atoms with van der Waals surface area (Å²) in [5.41, 5.74) is 0.532. The fourth-order valence-corrected chi connectivity index (χ4v) is 1.52. The number of sulfonamides is 1. The SMILES string of the molecule is CC(C)(C)c1cc(S(N)(=O)=O)ccn1. The van der Waals surface area contributed by atoms with E-state index in [9.17, 15) is 8.42 Å². The van der Waals surface area contributed by atoms with Gasteiger partial charge in [0.1, 0.15) is 0 Å². The van der Waals surface area contributed by atoms with Crippen molar-refractivity contribution in [2.75, 3.05) is 0 Å². The van der Waals surface area contributed by atoms with E-state index in [1.165, 1.54) is 18.3 Å². The summed E-state index contributed by atoms with van der Waals surface area (Å²) < 4.78 is 22.1. The second-order valence-corrected chi connectivity index (χ2v) is 5.73. The Hall–Kier alpha value is -0.940. The smallest absolute Gasteiger partial charge is 0.238 e. The van der Waals surface area contributed by atoms with Gasteiger partial charge in [-0.2, -0.15) is 0 Å². The van der Waals surface area contributed by atoms with Gasteiger partial charge in [-0.05, 0) is 12.1 Å². The molecule has 78 valence electrons. The van der Waals surface area contributed by atoms with Gasteiger partial charge in [0.25, 0.3) is 0 Å². The summed E-state index contributed by atoms with van der Waals surface area (Å²) in [6.07, 6.45) is 1.46. The summed E-state index contributed by atoms with van der Waals surface area (Å²) in [6, 6.07) is 2.90. The van der Waals surface area contributed by atoms with E-state index in [0.29, 0.717) is 5.69 Å². The number of aromatic nitrogens is 1. The Balaban J connectivity index is 3.29. The lowest BCUT2D eigenvalue weighted by Gasteiger charge is -2.17. The van der Waals surface area contributed by atoms with Crippen LogP contribution in [0.4, 0.5) is 0 Å². The number of nitrogens with two attached hydrogens (primary N) is 1. The molecule has 1 heterocycles. The van der Waals surface area contributed by atoms with Gasteiger partial charge in [0.15, 0.2) is 0 Å². The first-order valence-corrected chi connectivity index (χ1v) is 5.75. The summed E-state index contributed by atoms with van der Waals surface area (Å²) in [7, 11) is -3.63. The van der Waals surface area contributed by atoms with Crippen molar-refractivity contribution in [3.63, 3.8) is 0 Å². The van der Waals surface area contributed by atoms with E-state index in [0.717, 1.165) is 0 Å². The summed E-state index contributed by atoms with van der Waals surface area (Å²) >= 11 is 0. The van der Waals surface area contributed by atoms with Crippen LogP contribution in [0, 0.1) is 0 Å². The first-order chi connectivity index (χ1) is 6.21. The van der Waals surface area contributed by atoms with Gasteiger partial charge >= 0.3 is 0 Å². The van der Waals surface area contributed by atoms with Crippen molar-refractivity contribution in [1.29, 1.82) is 0 Å². The minimum absolute atomic E-state index is 0.109. The molecule has 0 spiro atoms. The monoisotopic (exact) mass is 214 g/mol. The zero-order valence-electron chi connectivity index (χ0n) is 8.48. The maximum atomic E-state index is 11.1. The molecule has 0 radical (unpaired) electrons. The predicted molar refractivity (Wildman–Crippen MR) is 54.3 cm³/mol. The molecule has 0 aliphatic carbocycles. The molecule has 1 aromatic rings. The van der Waals surface area contributed by atoms with E-state index in [1.54, 1.807) is 0 Å². The number of primary sulfonamides is 1. The number of hydrogen-bond donors (Lipinski definition) is 1. The Morgan fingerprint density at radius 1 is 1.36 bits per heavy atom. The number of nitrogens with zero attached hydrogens (tertiary/aromatic N) is 1. The van der Waals surface area contributed by atoms with Gasteiger partial charge in [-0.1, -0.05) is 20.8 Å². The lowest BCUT2D eigenvalue weighted by atomic mass is 9.92. The molecular weight excluding hydrogens is 200 g/mol. The highest BCUT2D eigenvalue weighted by Gasteiger charge is 2.17. The van der Waals surface area contributed by atoms with Crippen LogP contribution >= 0.6 is 0 Å². The van der Waals surface area contributed by atoms with Crippen LogP contribution in [0.2, 0.25) is 0 Å². The molecule has 0 fully saturated rings. The standard InChI is InChI=1S/C9H14N2O2S/c1-9(2,3)8-6-7(4-5-11-8)14(10,12)13/h4-6H,1-3H3,(H2,10,12,13). The van der Waals surface area contributed by atoms with E-state index in [2.05, 4.69) is 4.98 Å². The molecule has 0 saturated carbocycles. The largest absolute Gasteiger partial charge is 0.261 e. The van der Waals surface area contributed by atoms with Crippen LogP contribution in [0.3, 0.4) is 0 Å². The zero-order valence-corrected chi connectivity index (χ0v) is 9.30. The van der Waals surface area contributed by atoms with Crippen molar-refractivity contribution in [2.24, 2.45) is 5.14 Å². The highest BCUT2D eigenvalue weighted by atomic mass is 32.2. The van der Waals surface area contributed by atoms with Crippen LogP contribution in [-0.2, 0) is 15.4 Å². The third-order valence-electron chi connectivity index (χ3n) is 1.83. The van der Waals surface area contributed by atoms with Gasteiger partial charge in [0.05, 0.1) is 4.90 Å². The van der Waals surface area contributed by atoms with Gasteiger partial charge < -0.3 is 0 Å². The molecule has 0 aromatic carbocycles. The maximum Gasteiger partial charge on any atom is 0.238 e. The minimum Gasteiger partial charge on any atom is -0.261 e. The third kappa shape index (κ3) is 2.52. The second-order valence-electron chi connectivity index (χ2n) is 4.17. The highest BCUT2D eigenvalue weighted by molar-refractivity contribution is 7.89. The first-order valence-electron chi connectivity index (χ1n) is 4.20. The van der Waals surface area contributed by atoms with Gasteiger partial charge in [-0.3, -0.25) is 4.98 Å². The van der Waals surface area contributed by atoms with Crippen LogP contribution in [0.25, 0.3) is 0 Å². The van der Waals surface area contributed by atoms with E-state index in [-0.39, 0.29) is 10.3 Å². The highest BCUT2D eigenvalue weighted by Crippen LogP contribution is 2.21. The van der Waals surface area contributed by atoms with Crippen LogP contribution in [0.5, 0.6) is 0 Å². The molecule has 1 rings (SSSR count). The Labute approximate surface area is 84.2 Å². The molecule has 0 atom stereocenters. The van der Waals surface area contributed by atoms with E-state index in [1.807, 2.05) is 20.8 Å². The summed E-state index contributed by atoms with van der Waals surface area (Å²) in [5.74, 6) is 0. The van der Waals surface area contributed by atoms with E-state index in [4.69, 9.17) is 5.14 Å². The Morgan fingerprint density at radius 3 is 2.36 bits per heavy atom. The van der Waals surface area contributed by atoms with Gasteiger partial charge in [-0.25, -0.2) is 13.6 Å². The molecular formula is C9H14N2O2S. The van der Waals surface area contributed by atoms with Crippen molar-refractivity contribution >= 4 is 10.0 Å². The molecule has 5 heteroatoms. The zero-order chi connectivity index (χ0) is 11.0. The number of pyridine rings is 1. The summed E-state index contributed by atoms with van der Waals surface area (Å²) in [6.45, 7) is 5.88. The number of rotatable bonds is 1. The molecule has 2 N–H and O–H groups in total. The molecule has 0 aliphatic heterocycles. The lowest BCUT2D eigenvalue weighted by molar-refractivity contribution is 0.564. The molecule has 0 saturated heterocycles. The van der Waals surface area contributed by atoms with Crippen molar-refractivity contribution in [1.82, 2.24) is 4.98 Å². The van der Waals surface area contributed by atoms with Crippen molar-refractivity contribution in [3.05, 3.63) is 24.0 Å². The van der Waals surface area contributed by atoms with Crippen LogP contribution in [0.15, 0.2) is 23.2 Å². The van der Waals surface area contributed by atoms with Crippen molar-refractivity contribution in [2.45, 2.75) is 31.1 Å². The third-order valence-corrected chi connectivity index (χ3v) is 2.74. The van der Waals surface area contributed by atoms with Crippen molar-refractivity contribution in [3.8, 4) is 0 Å². The molecule has 0 amide bonds. The predicted octanol–water partition coefficient (Wildman–Crippen LogP) is 1.03. The van der Waals surface area contributed by atoms with Gasteiger partial charge in [0, 0.05) is 17.3 Å². The van der Waals surface area contributed by atoms with E-state index < -0.39 is 10.0 Å². The lowest BCUT2D eigenvalue weighted by Crippen LogP contribution is -2.17. The van der Waals surface area contributed by atoms with Gasteiger partial charge in [0.2, 0.25) is 10.0 Å². The first kappa shape index (κ1) is 11.1. The topological polar surface area (TPSA) is 73.1 Å². The van der Waals surface area contributed by atoms with Crippen LogP contribution in [0.1, 0.15) is 26.5 Å². The second kappa shape index (κ2) is 3.33. The minimum atomic E-state index is -3.63. The molecule has 0 unspecified atom stereocenters. The van der Waals surface area contributed by atoms with Gasteiger partial charge in [-0.15, -0.1) is 0 Å². The average Bonchev–Trinajstić information content (AvgIpc) is 2.01. The quantitative estimate of drug-likeness (QED) is 0.758. The Morgan fingerprint density at radius 2 is 1.93 bits per heavy atom. The molecule has 0 aliphatic rings. The molecule has 1 aromatic heterocycles. The van der Waals surface area contributed by atoms with Crippen LogP contribution in [-0.4, -0.2) is 13.4 Å². The summed E-state index contributed by atoms with van der Waals surface area (Å²) in [4.78, 5) is 4.21. The van der Waals surface area contributed by atoms with Crippen LogP contribution < -0.4 is 5.14 Å². The fraction of sp³-hybridized carbons (Fsp3) is 0.444. The fourth-order valence-electron chi connectivity index (χ4n) is 0.998.